The Labute approximate surface area is 202 Å². The summed E-state index contributed by atoms with van der Waals surface area (Å²) in [7, 11) is 0. The zero-order chi connectivity index (χ0) is 23.4. The average Bonchev–Trinajstić information content (AvgIpc) is 3.39. The lowest BCUT2D eigenvalue weighted by molar-refractivity contribution is -0.170. The Morgan fingerprint density at radius 2 is 1.88 bits per heavy atom. The molecule has 10 atom stereocenters. The molecule has 1 aromatic carbocycles. The van der Waals surface area contributed by atoms with Gasteiger partial charge in [-0.15, -0.1) is 0 Å². The minimum Gasteiger partial charge on any atom is -0.297 e. The molecule has 0 saturated heterocycles. The molecule has 6 fully saturated rings. The molecule has 0 aliphatic heterocycles. The molecule has 0 N–H and O–H groups in total. The van der Waals surface area contributed by atoms with Gasteiger partial charge in [0.25, 0.3) is 0 Å². The summed E-state index contributed by atoms with van der Waals surface area (Å²) in [5.74, 6) is 5.80. The third kappa shape index (κ3) is 2.62. The van der Waals surface area contributed by atoms with Crippen LogP contribution in [-0.2, 0) is 11.3 Å². The summed E-state index contributed by atoms with van der Waals surface area (Å²) in [4.78, 5) is 15.4. The standard InChI is InChI=1S/C29H38FN3O/c1-16-4-7-20-18(12-16)5-8-23-21(20)10-11-28(3)27(22-14-29(23,28)17(22)2)26(34)15-33-31-24-9-6-19(30)13-25(24)32-33/h6,9,13,16-18,20-23,27H,4-5,7-8,10-12,14-15H2,1-3H3/t16-,17+,18+,20-,21?,22+,23+,27+,28+,29?/m0/s1. The van der Waals surface area contributed by atoms with Crippen LogP contribution in [0, 0.1) is 64.0 Å². The van der Waals surface area contributed by atoms with Crippen LogP contribution in [0.25, 0.3) is 11.0 Å². The summed E-state index contributed by atoms with van der Waals surface area (Å²) in [6.45, 7) is 7.62. The number of carbonyl (C=O) groups is 1. The van der Waals surface area contributed by atoms with Gasteiger partial charge in [-0.25, -0.2) is 4.39 Å². The summed E-state index contributed by atoms with van der Waals surface area (Å²) < 4.78 is 13.6. The highest BCUT2D eigenvalue weighted by atomic mass is 19.1. The Morgan fingerprint density at radius 3 is 2.71 bits per heavy atom. The predicted molar refractivity (Wildman–Crippen MR) is 129 cm³/mol. The van der Waals surface area contributed by atoms with Gasteiger partial charge in [0.05, 0.1) is 0 Å². The number of ketones is 1. The second kappa shape index (κ2) is 7.13. The van der Waals surface area contributed by atoms with Gasteiger partial charge in [0.2, 0.25) is 0 Å². The molecule has 1 heterocycles. The molecule has 6 aliphatic carbocycles. The quantitative estimate of drug-likeness (QED) is 0.537. The van der Waals surface area contributed by atoms with Crippen molar-refractivity contribution in [1.82, 2.24) is 15.0 Å². The van der Waals surface area contributed by atoms with E-state index in [1.807, 2.05) is 0 Å². The first kappa shape index (κ1) is 21.5. The van der Waals surface area contributed by atoms with Crippen molar-refractivity contribution in [3.05, 3.63) is 24.0 Å². The second-order valence-corrected chi connectivity index (χ2v) is 13.2. The molecule has 2 aromatic rings. The summed E-state index contributed by atoms with van der Waals surface area (Å²) in [6, 6.07) is 4.45. The van der Waals surface area contributed by atoms with Gasteiger partial charge in [-0.05, 0) is 109 Å². The second-order valence-electron chi connectivity index (χ2n) is 13.2. The van der Waals surface area contributed by atoms with Gasteiger partial charge in [-0.1, -0.05) is 27.2 Å². The van der Waals surface area contributed by atoms with E-state index in [0.717, 1.165) is 29.6 Å². The maximum Gasteiger partial charge on any atom is 0.160 e. The highest BCUT2D eigenvalue weighted by Gasteiger charge is 2.78. The van der Waals surface area contributed by atoms with Crippen molar-refractivity contribution in [1.29, 1.82) is 0 Å². The molecular weight excluding hydrogens is 425 g/mol. The summed E-state index contributed by atoms with van der Waals surface area (Å²) in [5.41, 5.74) is 1.65. The van der Waals surface area contributed by atoms with Crippen LogP contribution in [0.15, 0.2) is 18.2 Å². The largest absolute Gasteiger partial charge is 0.297 e. The van der Waals surface area contributed by atoms with Gasteiger partial charge < -0.3 is 0 Å². The lowest BCUT2D eigenvalue weighted by Gasteiger charge is -2.65. The number of halogens is 1. The fourth-order valence-corrected chi connectivity index (χ4v) is 10.9. The molecule has 1 spiro atoms. The number of carbonyl (C=O) groups excluding carboxylic acids is 1. The molecule has 34 heavy (non-hydrogen) atoms. The van der Waals surface area contributed by atoms with Gasteiger partial charge in [-0.2, -0.15) is 15.0 Å². The molecule has 6 saturated carbocycles. The van der Waals surface area contributed by atoms with Crippen molar-refractivity contribution in [2.24, 2.45) is 58.2 Å². The molecule has 0 amide bonds. The normalized spacial score (nSPS) is 46.9. The first-order valence-electron chi connectivity index (χ1n) is 13.8. The predicted octanol–water partition coefficient (Wildman–Crippen LogP) is 6.29. The molecule has 5 heteroatoms. The molecule has 0 radical (unpaired) electrons. The fourth-order valence-electron chi connectivity index (χ4n) is 10.9. The van der Waals surface area contributed by atoms with Crippen LogP contribution in [0.1, 0.15) is 72.1 Å². The van der Waals surface area contributed by atoms with E-state index in [-0.39, 0.29) is 23.7 Å². The van der Waals surface area contributed by atoms with E-state index >= 15 is 0 Å². The Balaban J connectivity index is 1.17. The van der Waals surface area contributed by atoms with Gasteiger partial charge >= 0.3 is 0 Å². The topological polar surface area (TPSA) is 47.8 Å². The van der Waals surface area contributed by atoms with Crippen molar-refractivity contribution < 1.29 is 9.18 Å². The van der Waals surface area contributed by atoms with Crippen molar-refractivity contribution in [2.45, 2.75) is 78.7 Å². The molecule has 1 aromatic heterocycles. The van der Waals surface area contributed by atoms with E-state index in [1.165, 1.54) is 68.3 Å². The van der Waals surface area contributed by atoms with Gasteiger partial charge in [0.15, 0.2) is 5.78 Å². The van der Waals surface area contributed by atoms with Crippen molar-refractivity contribution >= 4 is 16.8 Å². The number of hydrogen-bond acceptors (Lipinski definition) is 3. The van der Waals surface area contributed by atoms with Crippen molar-refractivity contribution in [3.63, 3.8) is 0 Å². The average molecular weight is 464 g/mol. The summed E-state index contributed by atoms with van der Waals surface area (Å²) >= 11 is 0. The van der Waals surface area contributed by atoms with E-state index < -0.39 is 0 Å². The SMILES string of the molecule is C[C@H]1CC[C@@H]2C3CC[C@]4(C)[C@@H](C(=O)Cn5nc6ccc(F)cc6n5)[C@@H]5CC4([C@@H]3CC[C@@H]2C1)[C@@H]5C. The zero-order valence-electron chi connectivity index (χ0n) is 20.8. The minimum absolute atomic E-state index is 0.114. The highest BCUT2D eigenvalue weighted by Crippen LogP contribution is 2.83. The number of aromatic nitrogens is 3. The maximum atomic E-state index is 13.8. The highest BCUT2D eigenvalue weighted by molar-refractivity contribution is 5.84. The number of nitrogens with zero attached hydrogens (tertiary/aromatic N) is 3. The lowest BCUT2D eigenvalue weighted by Crippen LogP contribution is -2.59. The minimum atomic E-state index is -0.315. The van der Waals surface area contributed by atoms with Crippen LogP contribution in [0.2, 0.25) is 0 Å². The number of benzene rings is 1. The van der Waals surface area contributed by atoms with E-state index in [1.54, 1.807) is 6.07 Å². The molecule has 182 valence electrons. The van der Waals surface area contributed by atoms with E-state index in [0.29, 0.717) is 34.1 Å². The van der Waals surface area contributed by atoms with Gasteiger partial charge in [0, 0.05) is 12.0 Å². The fraction of sp³-hybridized carbons (Fsp3) is 0.759. The lowest BCUT2D eigenvalue weighted by atomic mass is 9.39. The molecule has 2 unspecified atom stereocenters. The Kier molecular flexibility index (Phi) is 4.51. The van der Waals surface area contributed by atoms with E-state index in [2.05, 4.69) is 31.0 Å². The molecule has 8 rings (SSSR count). The van der Waals surface area contributed by atoms with Crippen molar-refractivity contribution in [3.8, 4) is 0 Å². The van der Waals surface area contributed by atoms with Crippen LogP contribution in [-0.4, -0.2) is 20.8 Å². The summed E-state index contributed by atoms with van der Waals surface area (Å²) in [5, 5.41) is 8.91. The molecule has 2 bridgehead atoms. The first-order valence-corrected chi connectivity index (χ1v) is 13.8. The maximum absolute atomic E-state index is 13.8. The van der Waals surface area contributed by atoms with E-state index in [4.69, 9.17) is 0 Å². The third-order valence-electron chi connectivity index (χ3n) is 12.1. The summed E-state index contributed by atoms with van der Waals surface area (Å²) in [6.07, 6.45) is 10.9. The van der Waals surface area contributed by atoms with E-state index in [9.17, 15) is 9.18 Å². The van der Waals surface area contributed by atoms with Crippen LogP contribution in [0.3, 0.4) is 0 Å². The number of Topliss-reactive ketones (excluding diaryl/α,β-unsaturated/α-hetero) is 1. The van der Waals surface area contributed by atoms with Crippen LogP contribution >= 0.6 is 0 Å². The first-order chi connectivity index (χ1) is 16.3. The van der Waals surface area contributed by atoms with Gasteiger partial charge in [0.1, 0.15) is 23.4 Å². The van der Waals surface area contributed by atoms with Crippen LogP contribution < -0.4 is 0 Å². The third-order valence-corrected chi connectivity index (χ3v) is 12.1. The van der Waals surface area contributed by atoms with Crippen molar-refractivity contribution in [2.75, 3.05) is 0 Å². The molecule has 4 nitrogen and oxygen atoms in total. The van der Waals surface area contributed by atoms with Gasteiger partial charge in [-0.3, -0.25) is 4.79 Å². The number of rotatable bonds is 3. The van der Waals surface area contributed by atoms with Crippen LogP contribution in [0.5, 0.6) is 0 Å². The Hall–Kier alpha value is -1.78. The number of fused-ring (bicyclic) bond motifs is 4. The molecular formula is C29H38FN3O. The zero-order valence-corrected chi connectivity index (χ0v) is 20.8. The van der Waals surface area contributed by atoms with Crippen LogP contribution in [0.4, 0.5) is 4.39 Å². The monoisotopic (exact) mass is 463 g/mol. The molecule has 6 aliphatic rings. The number of hydrogen-bond donors (Lipinski definition) is 0. The Morgan fingerprint density at radius 1 is 1.06 bits per heavy atom. The Bertz CT molecular complexity index is 1160. The smallest absolute Gasteiger partial charge is 0.160 e.